The molecule has 48 heavy (non-hydrogen) atoms. The van der Waals surface area contributed by atoms with Crippen LogP contribution in [0.4, 0.5) is 11.4 Å². The molecule has 2 aromatic carbocycles. The summed E-state index contributed by atoms with van der Waals surface area (Å²) in [5.74, 6) is -2.00. The van der Waals surface area contributed by atoms with Gasteiger partial charge in [0, 0.05) is 68.8 Å². The first-order chi connectivity index (χ1) is 23.3. The maximum absolute atomic E-state index is 13.1. The topological polar surface area (TPSA) is 146 Å². The van der Waals surface area contributed by atoms with Crippen LogP contribution in [0.2, 0.25) is 0 Å². The van der Waals surface area contributed by atoms with Gasteiger partial charge in [0.2, 0.25) is 11.8 Å². The summed E-state index contributed by atoms with van der Waals surface area (Å²) in [5, 5.41) is 10.1. The number of nitrogens with one attached hydrogen (secondary N) is 2. The first kappa shape index (κ1) is 31.4. The number of nitrogens with zero attached hydrogens (tertiary/aromatic N) is 7. The van der Waals surface area contributed by atoms with Crippen molar-refractivity contribution in [2.24, 2.45) is 0 Å². The van der Waals surface area contributed by atoms with Crippen LogP contribution >= 0.6 is 0 Å². The molecule has 0 saturated carbocycles. The molecule has 3 aliphatic heterocycles. The van der Waals surface area contributed by atoms with Crippen molar-refractivity contribution in [1.29, 1.82) is 0 Å². The van der Waals surface area contributed by atoms with Crippen LogP contribution in [0.25, 0.3) is 22.3 Å². The van der Waals surface area contributed by atoms with Gasteiger partial charge in [0.15, 0.2) is 0 Å². The fraction of sp³-hybridized carbons (Fsp3) is 0.400. The van der Waals surface area contributed by atoms with E-state index in [1.165, 1.54) is 5.69 Å². The largest absolute Gasteiger partial charge is 0.385 e. The van der Waals surface area contributed by atoms with E-state index in [9.17, 15) is 19.2 Å². The van der Waals surface area contributed by atoms with Gasteiger partial charge in [-0.15, -0.1) is 0 Å². The number of rotatable bonds is 11. The molecule has 1 unspecified atom stereocenters. The summed E-state index contributed by atoms with van der Waals surface area (Å²) in [6.45, 7) is 5.66. The third-order valence-electron chi connectivity index (χ3n) is 9.41. The highest BCUT2D eigenvalue weighted by molar-refractivity contribution is 6.23. The lowest BCUT2D eigenvalue weighted by molar-refractivity contribution is -0.136. The Morgan fingerprint density at radius 1 is 0.875 bits per heavy atom. The van der Waals surface area contributed by atoms with Crippen LogP contribution in [0.15, 0.2) is 55.0 Å². The highest BCUT2D eigenvalue weighted by Gasteiger charge is 2.44. The number of amides is 4. The van der Waals surface area contributed by atoms with E-state index >= 15 is 0 Å². The molecule has 0 spiro atoms. The van der Waals surface area contributed by atoms with Crippen molar-refractivity contribution in [2.75, 3.05) is 50.0 Å². The lowest BCUT2D eigenvalue weighted by atomic mass is 10.0. The third-order valence-corrected chi connectivity index (χ3v) is 9.41. The van der Waals surface area contributed by atoms with E-state index in [1.54, 1.807) is 18.2 Å². The summed E-state index contributed by atoms with van der Waals surface area (Å²) in [5.41, 5.74) is 6.03. The zero-order valence-electron chi connectivity index (χ0n) is 27.0. The van der Waals surface area contributed by atoms with Crippen molar-refractivity contribution in [1.82, 2.24) is 34.9 Å². The molecule has 5 heterocycles. The number of carbonyl (C=O) groups excluding carboxylic acids is 4. The number of hydrogen-bond acceptors (Lipinski definition) is 10. The van der Waals surface area contributed by atoms with Crippen LogP contribution in [0.3, 0.4) is 0 Å². The van der Waals surface area contributed by atoms with Gasteiger partial charge < -0.3 is 15.1 Å². The second-order valence-corrected chi connectivity index (χ2v) is 12.8. The normalized spacial score (nSPS) is 18.5. The molecule has 0 bridgehead atoms. The quantitative estimate of drug-likeness (QED) is 0.183. The van der Waals surface area contributed by atoms with Gasteiger partial charge in [0.05, 0.1) is 40.2 Å². The molecular weight excluding hydrogens is 610 g/mol. The molecule has 7 rings (SSSR count). The van der Waals surface area contributed by atoms with Crippen molar-refractivity contribution in [2.45, 2.75) is 51.1 Å². The van der Waals surface area contributed by atoms with Crippen LogP contribution < -0.4 is 15.5 Å². The van der Waals surface area contributed by atoms with Crippen LogP contribution in [0.5, 0.6) is 0 Å². The Bertz CT molecular complexity index is 1880. The number of aryl methyl sites for hydroxylation is 1. The first-order valence-electron chi connectivity index (χ1n) is 16.7. The van der Waals surface area contributed by atoms with Crippen molar-refractivity contribution in [3.8, 4) is 11.3 Å². The Balaban J connectivity index is 0.860. The number of hydrogen-bond donors (Lipinski definition) is 2. The number of carbonyl (C=O) groups is 4. The second kappa shape index (κ2) is 13.5. The minimum atomic E-state index is -0.965. The number of aromatic nitrogens is 4. The van der Waals surface area contributed by atoms with E-state index in [2.05, 4.69) is 49.7 Å². The Labute approximate surface area is 278 Å². The number of unbranched alkanes of at least 4 members (excludes halogenated alkanes) is 3. The number of fused-ring (bicyclic) bond motifs is 2. The van der Waals surface area contributed by atoms with E-state index in [1.807, 2.05) is 29.3 Å². The molecule has 13 nitrogen and oxygen atoms in total. The third kappa shape index (κ3) is 6.50. The second-order valence-electron chi connectivity index (χ2n) is 12.8. The molecule has 1 atom stereocenters. The molecule has 13 heteroatoms. The number of benzene rings is 2. The maximum Gasteiger partial charge on any atom is 0.262 e. The minimum Gasteiger partial charge on any atom is -0.385 e. The van der Waals surface area contributed by atoms with Crippen LogP contribution in [0, 0.1) is 0 Å². The Kier molecular flexibility index (Phi) is 8.85. The van der Waals surface area contributed by atoms with Crippen molar-refractivity contribution in [3.05, 3.63) is 66.1 Å². The standard InChI is InChI=1S/C35H39N9O4/c1-41-14-16-42(17-15-41)25-7-9-28-29(19-25)39-30(21-37-28)23-20-38-43(22-23)13-5-3-2-4-12-36-24-6-8-26-27(18-24)35(48)44(34(26)47)31-10-11-32(45)40-33(31)46/h6-9,18-22,31,36H,2-5,10-17H2,1H3,(H,40,45,46). The summed E-state index contributed by atoms with van der Waals surface area (Å²) in [6.07, 6.45) is 9.93. The molecule has 2 N–H and O–H groups in total. The molecule has 2 saturated heterocycles. The minimum absolute atomic E-state index is 0.0958. The summed E-state index contributed by atoms with van der Waals surface area (Å²) in [7, 11) is 2.16. The zero-order valence-corrected chi connectivity index (χ0v) is 27.0. The van der Waals surface area contributed by atoms with E-state index in [0.717, 1.165) is 97.8 Å². The fourth-order valence-corrected chi connectivity index (χ4v) is 6.58. The van der Waals surface area contributed by atoms with Gasteiger partial charge in [-0.1, -0.05) is 12.8 Å². The summed E-state index contributed by atoms with van der Waals surface area (Å²) < 4.78 is 1.96. The molecule has 0 aliphatic carbocycles. The Hall–Kier alpha value is -5.17. The highest BCUT2D eigenvalue weighted by Crippen LogP contribution is 2.30. The molecule has 0 radical (unpaired) electrons. The summed E-state index contributed by atoms with van der Waals surface area (Å²) >= 11 is 0. The molecule has 2 aromatic heterocycles. The van der Waals surface area contributed by atoms with E-state index < -0.39 is 29.7 Å². The van der Waals surface area contributed by atoms with E-state index in [4.69, 9.17) is 4.98 Å². The van der Waals surface area contributed by atoms with Gasteiger partial charge in [0.25, 0.3) is 11.8 Å². The predicted molar refractivity (Wildman–Crippen MR) is 181 cm³/mol. The average molecular weight is 650 g/mol. The van der Waals surface area contributed by atoms with Crippen LogP contribution in [0.1, 0.15) is 59.2 Å². The molecule has 3 aliphatic rings. The average Bonchev–Trinajstić information content (AvgIpc) is 3.66. The van der Waals surface area contributed by atoms with Crippen molar-refractivity contribution < 1.29 is 19.2 Å². The fourth-order valence-electron chi connectivity index (χ4n) is 6.58. The van der Waals surface area contributed by atoms with Gasteiger partial charge in [-0.05, 0) is 62.7 Å². The lowest BCUT2D eigenvalue weighted by Crippen LogP contribution is -2.54. The number of piperidine rings is 1. The Morgan fingerprint density at radius 2 is 1.69 bits per heavy atom. The molecule has 2 fully saturated rings. The van der Waals surface area contributed by atoms with Gasteiger partial charge in [0.1, 0.15) is 6.04 Å². The Morgan fingerprint density at radius 3 is 2.52 bits per heavy atom. The SMILES string of the molecule is CN1CCN(c2ccc3ncc(-c4cnn(CCCCCCNc5ccc6c(c5)C(=O)N(C5CCC(=O)NC5=O)C6=O)c4)nc3c2)CC1. The zero-order chi connectivity index (χ0) is 33.2. The number of imide groups is 2. The molecule has 4 aromatic rings. The summed E-state index contributed by atoms with van der Waals surface area (Å²) in [4.78, 5) is 65.1. The number of anilines is 2. The monoisotopic (exact) mass is 649 g/mol. The van der Waals surface area contributed by atoms with Crippen molar-refractivity contribution >= 4 is 46.0 Å². The predicted octanol–water partition coefficient (Wildman–Crippen LogP) is 3.32. The smallest absolute Gasteiger partial charge is 0.262 e. The highest BCUT2D eigenvalue weighted by atomic mass is 16.2. The number of piperazine rings is 1. The molecule has 248 valence electrons. The van der Waals surface area contributed by atoms with Crippen LogP contribution in [-0.4, -0.2) is 99.0 Å². The van der Waals surface area contributed by atoms with Gasteiger partial charge >= 0.3 is 0 Å². The van der Waals surface area contributed by atoms with Gasteiger partial charge in [-0.2, -0.15) is 5.10 Å². The van der Waals surface area contributed by atoms with E-state index in [-0.39, 0.29) is 24.0 Å². The lowest BCUT2D eigenvalue weighted by Gasteiger charge is -2.34. The summed E-state index contributed by atoms with van der Waals surface area (Å²) in [6, 6.07) is 10.4. The number of likely N-dealkylation sites (N-methyl/N-ethyl adjacent to an activating group) is 1. The maximum atomic E-state index is 13.1. The van der Waals surface area contributed by atoms with E-state index in [0.29, 0.717) is 0 Å². The molecule has 4 amide bonds. The first-order valence-corrected chi connectivity index (χ1v) is 16.7. The van der Waals surface area contributed by atoms with Crippen LogP contribution in [-0.2, 0) is 16.1 Å². The van der Waals surface area contributed by atoms with Gasteiger partial charge in [-0.25, -0.2) is 4.98 Å². The molecular formula is C35H39N9O4. The van der Waals surface area contributed by atoms with Gasteiger partial charge in [-0.3, -0.25) is 39.1 Å². The van der Waals surface area contributed by atoms with Crippen molar-refractivity contribution in [3.63, 3.8) is 0 Å².